The monoisotopic (exact) mass is 343 g/mol. The maximum atomic E-state index is 11.3. The molecular formula is C20H17N5O. The Kier molecular flexibility index (Phi) is 3.93. The quantitative estimate of drug-likeness (QED) is 0.590. The van der Waals surface area contributed by atoms with Crippen LogP contribution in [0.3, 0.4) is 0 Å². The van der Waals surface area contributed by atoms with Crippen LogP contribution in [0.25, 0.3) is 33.7 Å². The molecule has 26 heavy (non-hydrogen) atoms. The summed E-state index contributed by atoms with van der Waals surface area (Å²) < 4.78 is 0. The molecule has 4 rings (SSSR count). The number of nitrogens with one attached hydrogen (secondary N) is 2. The van der Waals surface area contributed by atoms with Gasteiger partial charge in [-0.15, -0.1) is 0 Å². The topological polar surface area (TPSA) is 83.6 Å². The van der Waals surface area contributed by atoms with Gasteiger partial charge in [0, 0.05) is 23.7 Å². The second-order valence-electron chi connectivity index (χ2n) is 6.10. The normalized spacial score (nSPS) is 10.8. The summed E-state index contributed by atoms with van der Waals surface area (Å²) >= 11 is 0. The van der Waals surface area contributed by atoms with E-state index in [-0.39, 0.29) is 5.91 Å². The molecule has 0 radical (unpaired) electrons. The average molecular weight is 343 g/mol. The fourth-order valence-corrected chi connectivity index (χ4v) is 2.93. The zero-order valence-electron chi connectivity index (χ0n) is 14.4. The van der Waals surface area contributed by atoms with E-state index in [0.29, 0.717) is 5.65 Å². The van der Waals surface area contributed by atoms with E-state index in [4.69, 9.17) is 4.98 Å². The molecule has 0 saturated heterocycles. The molecule has 0 aliphatic rings. The van der Waals surface area contributed by atoms with Gasteiger partial charge in [0.05, 0.1) is 17.6 Å². The molecule has 0 atom stereocenters. The number of aromatic amines is 1. The number of carbonyl (C=O) groups excluding carboxylic acids is 1. The van der Waals surface area contributed by atoms with Crippen LogP contribution in [-0.4, -0.2) is 26.1 Å². The zero-order chi connectivity index (χ0) is 18.1. The van der Waals surface area contributed by atoms with Gasteiger partial charge in [0.1, 0.15) is 5.52 Å². The van der Waals surface area contributed by atoms with Crippen molar-refractivity contribution in [1.82, 2.24) is 20.2 Å². The summed E-state index contributed by atoms with van der Waals surface area (Å²) in [5.74, 6) is -0.111. The highest BCUT2D eigenvalue weighted by molar-refractivity contribution is 5.91. The molecule has 0 aliphatic carbocycles. The van der Waals surface area contributed by atoms with Gasteiger partial charge in [-0.1, -0.05) is 36.4 Å². The number of carbonyl (C=O) groups is 1. The molecule has 6 nitrogen and oxygen atoms in total. The highest BCUT2D eigenvalue weighted by Crippen LogP contribution is 2.29. The summed E-state index contributed by atoms with van der Waals surface area (Å²) in [7, 11) is 0. The van der Waals surface area contributed by atoms with Crippen molar-refractivity contribution in [2.24, 2.45) is 0 Å². The summed E-state index contributed by atoms with van der Waals surface area (Å²) in [6.07, 6.45) is 1.69. The average Bonchev–Trinajstić information content (AvgIpc) is 3.05. The number of aryl methyl sites for hydroxylation is 1. The van der Waals surface area contributed by atoms with E-state index < -0.39 is 0 Å². The number of rotatable bonds is 3. The van der Waals surface area contributed by atoms with Gasteiger partial charge in [0.15, 0.2) is 5.65 Å². The van der Waals surface area contributed by atoms with Gasteiger partial charge in [-0.05, 0) is 24.6 Å². The van der Waals surface area contributed by atoms with E-state index in [9.17, 15) is 4.79 Å². The van der Waals surface area contributed by atoms with Crippen LogP contribution in [0.1, 0.15) is 12.5 Å². The van der Waals surface area contributed by atoms with Gasteiger partial charge in [-0.3, -0.25) is 9.89 Å². The molecule has 0 bridgehead atoms. The van der Waals surface area contributed by atoms with E-state index >= 15 is 0 Å². The Bertz CT molecular complexity index is 1120. The minimum Gasteiger partial charge on any atom is -0.326 e. The van der Waals surface area contributed by atoms with Crippen LogP contribution in [0.15, 0.2) is 54.7 Å². The van der Waals surface area contributed by atoms with Crippen molar-refractivity contribution in [2.75, 3.05) is 5.32 Å². The standard InChI is InChI=1S/C20H17N5O/c1-12-6-3-4-9-16(12)18-19-20(25-24-18)21-11-17(23-19)14-7-5-8-15(10-14)22-13(2)26/h3-11H,1-2H3,(H,22,26)(H,21,24,25). The molecule has 0 unspecified atom stereocenters. The molecule has 2 aromatic carbocycles. The lowest BCUT2D eigenvalue weighted by molar-refractivity contribution is -0.114. The molecule has 0 saturated carbocycles. The van der Waals surface area contributed by atoms with E-state index in [2.05, 4.69) is 33.5 Å². The van der Waals surface area contributed by atoms with Crippen molar-refractivity contribution >= 4 is 22.8 Å². The Morgan fingerprint density at radius 3 is 2.77 bits per heavy atom. The van der Waals surface area contributed by atoms with Gasteiger partial charge in [-0.25, -0.2) is 9.97 Å². The van der Waals surface area contributed by atoms with E-state index in [1.165, 1.54) is 6.92 Å². The molecular weight excluding hydrogens is 326 g/mol. The second-order valence-corrected chi connectivity index (χ2v) is 6.10. The molecule has 0 spiro atoms. The first-order valence-electron chi connectivity index (χ1n) is 8.27. The number of amides is 1. The van der Waals surface area contributed by atoms with Crippen molar-refractivity contribution < 1.29 is 4.79 Å². The van der Waals surface area contributed by atoms with Gasteiger partial charge in [0.25, 0.3) is 0 Å². The van der Waals surface area contributed by atoms with Crippen molar-refractivity contribution in [3.63, 3.8) is 0 Å². The molecule has 0 fully saturated rings. The SMILES string of the molecule is CC(=O)Nc1cccc(-c2cnc3n[nH]c(-c4ccccc4C)c3n2)c1. The lowest BCUT2D eigenvalue weighted by Gasteiger charge is -2.06. The maximum absolute atomic E-state index is 11.3. The number of benzene rings is 2. The highest BCUT2D eigenvalue weighted by Gasteiger charge is 2.13. The van der Waals surface area contributed by atoms with Crippen LogP contribution >= 0.6 is 0 Å². The first kappa shape index (κ1) is 16.0. The largest absolute Gasteiger partial charge is 0.326 e. The van der Waals surface area contributed by atoms with Crippen LogP contribution in [0.5, 0.6) is 0 Å². The van der Waals surface area contributed by atoms with Crippen LogP contribution in [-0.2, 0) is 4.79 Å². The summed E-state index contributed by atoms with van der Waals surface area (Å²) in [5.41, 5.74) is 6.66. The molecule has 4 aromatic rings. The van der Waals surface area contributed by atoms with Crippen molar-refractivity contribution in [2.45, 2.75) is 13.8 Å². The minimum atomic E-state index is -0.111. The van der Waals surface area contributed by atoms with Crippen LogP contribution in [0.2, 0.25) is 0 Å². The number of hydrogen-bond acceptors (Lipinski definition) is 4. The lowest BCUT2D eigenvalue weighted by Crippen LogP contribution is -2.05. The third-order valence-electron chi connectivity index (χ3n) is 4.16. The van der Waals surface area contributed by atoms with Gasteiger partial charge < -0.3 is 5.32 Å². The van der Waals surface area contributed by atoms with Crippen LogP contribution in [0.4, 0.5) is 5.69 Å². The third kappa shape index (κ3) is 2.93. The predicted molar refractivity (Wildman–Crippen MR) is 102 cm³/mol. The fourth-order valence-electron chi connectivity index (χ4n) is 2.93. The van der Waals surface area contributed by atoms with E-state index in [1.807, 2.05) is 42.5 Å². The number of nitrogens with zero attached hydrogens (tertiary/aromatic N) is 3. The first-order valence-corrected chi connectivity index (χ1v) is 8.27. The van der Waals surface area contributed by atoms with E-state index in [0.717, 1.165) is 39.3 Å². The maximum Gasteiger partial charge on any atom is 0.221 e. The van der Waals surface area contributed by atoms with E-state index in [1.54, 1.807) is 6.20 Å². The molecule has 6 heteroatoms. The number of fused-ring (bicyclic) bond motifs is 1. The molecule has 2 N–H and O–H groups in total. The smallest absolute Gasteiger partial charge is 0.221 e. The van der Waals surface area contributed by atoms with Gasteiger partial charge >= 0.3 is 0 Å². The zero-order valence-corrected chi connectivity index (χ0v) is 14.4. The molecule has 1 amide bonds. The van der Waals surface area contributed by atoms with Crippen molar-refractivity contribution in [3.05, 3.63) is 60.3 Å². The highest BCUT2D eigenvalue weighted by atomic mass is 16.1. The first-order chi connectivity index (χ1) is 12.6. The Morgan fingerprint density at radius 2 is 1.96 bits per heavy atom. The van der Waals surface area contributed by atoms with Crippen molar-refractivity contribution in [1.29, 1.82) is 0 Å². The Balaban J connectivity index is 1.82. The molecule has 128 valence electrons. The number of anilines is 1. The fraction of sp³-hybridized carbons (Fsp3) is 0.100. The second kappa shape index (κ2) is 6.40. The minimum absolute atomic E-state index is 0.111. The van der Waals surface area contributed by atoms with Crippen LogP contribution < -0.4 is 5.32 Å². The predicted octanol–water partition coefficient (Wildman–Crippen LogP) is 3.95. The Morgan fingerprint density at radius 1 is 1.12 bits per heavy atom. The Hall–Kier alpha value is -3.54. The molecule has 2 aromatic heterocycles. The summed E-state index contributed by atoms with van der Waals surface area (Å²) in [6, 6.07) is 15.6. The molecule has 2 heterocycles. The molecule has 0 aliphatic heterocycles. The summed E-state index contributed by atoms with van der Waals surface area (Å²) in [4.78, 5) is 20.5. The van der Waals surface area contributed by atoms with Gasteiger partial charge in [-0.2, -0.15) is 5.10 Å². The Labute approximate surface area is 150 Å². The number of aromatic nitrogens is 4. The van der Waals surface area contributed by atoms with Crippen molar-refractivity contribution in [3.8, 4) is 22.5 Å². The van der Waals surface area contributed by atoms with Crippen LogP contribution in [0, 0.1) is 6.92 Å². The number of hydrogen-bond donors (Lipinski definition) is 2. The summed E-state index contributed by atoms with van der Waals surface area (Å²) in [5, 5.41) is 10.1. The number of H-pyrrole nitrogens is 1. The van der Waals surface area contributed by atoms with Gasteiger partial charge in [0.2, 0.25) is 5.91 Å². The summed E-state index contributed by atoms with van der Waals surface area (Å²) in [6.45, 7) is 3.54. The third-order valence-corrected chi connectivity index (χ3v) is 4.16. The lowest BCUT2D eigenvalue weighted by atomic mass is 10.1.